The highest BCUT2D eigenvalue weighted by molar-refractivity contribution is 5.75. The highest BCUT2D eigenvalue weighted by Gasteiger charge is 2.20. The van der Waals surface area contributed by atoms with Crippen LogP contribution in [0.2, 0.25) is 0 Å². The van der Waals surface area contributed by atoms with E-state index in [1.54, 1.807) is 0 Å². The van der Waals surface area contributed by atoms with Crippen LogP contribution in [-0.4, -0.2) is 6.29 Å². The molecule has 0 aromatic heterocycles. The molecule has 0 bridgehead atoms. The Labute approximate surface area is 150 Å². The van der Waals surface area contributed by atoms with Gasteiger partial charge in [-0.25, -0.2) is 0 Å². The summed E-state index contributed by atoms with van der Waals surface area (Å²) in [6, 6.07) is 21.1. The van der Waals surface area contributed by atoms with Gasteiger partial charge in [0.1, 0.15) is 6.29 Å². The number of rotatable bonds is 4. The van der Waals surface area contributed by atoms with E-state index < -0.39 is 0 Å². The number of benzene rings is 3. The van der Waals surface area contributed by atoms with E-state index >= 15 is 0 Å². The first-order valence-electron chi connectivity index (χ1n) is 8.69. The Hall–Kier alpha value is -2.67. The van der Waals surface area contributed by atoms with Crippen molar-refractivity contribution in [1.82, 2.24) is 0 Å². The molecule has 0 fully saturated rings. The van der Waals surface area contributed by atoms with E-state index in [4.69, 9.17) is 0 Å². The second-order valence-corrected chi connectivity index (χ2v) is 6.85. The third-order valence-corrected chi connectivity index (χ3v) is 5.20. The second kappa shape index (κ2) is 7.06. The monoisotopic (exact) mass is 328 g/mol. The molecule has 1 nitrogen and oxygen atoms in total. The molecule has 0 spiro atoms. The maximum atomic E-state index is 11.3. The lowest BCUT2D eigenvalue weighted by Gasteiger charge is -2.23. The van der Waals surface area contributed by atoms with E-state index in [1.165, 1.54) is 33.4 Å². The Morgan fingerprint density at radius 2 is 1.44 bits per heavy atom. The van der Waals surface area contributed by atoms with Crippen molar-refractivity contribution in [2.75, 3.05) is 0 Å². The average Bonchev–Trinajstić information content (AvgIpc) is 2.62. The summed E-state index contributed by atoms with van der Waals surface area (Å²) in [6.45, 7) is 8.63. The van der Waals surface area contributed by atoms with E-state index in [2.05, 4.69) is 70.2 Å². The Morgan fingerprint density at radius 3 is 2.16 bits per heavy atom. The molecule has 1 heteroatoms. The Balaban J connectivity index is 2.25. The van der Waals surface area contributed by atoms with Gasteiger partial charge in [-0.05, 0) is 72.7 Å². The number of hydrogen-bond donors (Lipinski definition) is 0. The first kappa shape index (κ1) is 17.2. The zero-order valence-electron chi connectivity index (χ0n) is 15.3. The molecule has 1 unspecified atom stereocenters. The summed E-state index contributed by atoms with van der Waals surface area (Å²) in [6.07, 6.45) is 0.921. The maximum absolute atomic E-state index is 11.3. The highest BCUT2D eigenvalue weighted by atomic mass is 16.1. The van der Waals surface area contributed by atoms with E-state index in [9.17, 15) is 4.79 Å². The number of hydrogen-bond acceptors (Lipinski definition) is 1. The molecule has 0 aliphatic rings. The lowest BCUT2D eigenvalue weighted by molar-refractivity contribution is 0.112. The van der Waals surface area contributed by atoms with Gasteiger partial charge >= 0.3 is 0 Å². The van der Waals surface area contributed by atoms with E-state index in [-0.39, 0.29) is 5.92 Å². The third-order valence-electron chi connectivity index (χ3n) is 5.20. The molecule has 25 heavy (non-hydrogen) atoms. The van der Waals surface area contributed by atoms with Crippen LogP contribution in [0.1, 0.15) is 55.2 Å². The highest BCUT2D eigenvalue weighted by Crippen LogP contribution is 2.35. The van der Waals surface area contributed by atoms with Crippen LogP contribution in [0.4, 0.5) is 0 Å². The van der Waals surface area contributed by atoms with E-state index in [0.717, 1.165) is 17.4 Å². The Kier molecular flexibility index (Phi) is 4.85. The van der Waals surface area contributed by atoms with Gasteiger partial charge in [-0.2, -0.15) is 0 Å². The van der Waals surface area contributed by atoms with Gasteiger partial charge in [0.05, 0.1) is 0 Å². The summed E-state index contributed by atoms with van der Waals surface area (Å²) in [5.41, 5.74) is 9.62. The predicted octanol–water partition coefficient (Wildman–Crippen LogP) is 5.91. The van der Waals surface area contributed by atoms with Crippen molar-refractivity contribution in [1.29, 1.82) is 0 Å². The van der Waals surface area contributed by atoms with Gasteiger partial charge in [0, 0.05) is 11.5 Å². The van der Waals surface area contributed by atoms with Gasteiger partial charge in [0.25, 0.3) is 0 Å². The minimum Gasteiger partial charge on any atom is -0.298 e. The van der Waals surface area contributed by atoms with Crippen LogP contribution >= 0.6 is 0 Å². The first-order chi connectivity index (χ1) is 12.0. The van der Waals surface area contributed by atoms with Gasteiger partial charge < -0.3 is 0 Å². The lowest BCUT2D eigenvalue weighted by Crippen LogP contribution is -2.07. The molecular formula is C24H24O. The number of carbonyl (C=O) groups is 1. The third kappa shape index (κ3) is 3.41. The minimum atomic E-state index is 0.124. The summed E-state index contributed by atoms with van der Waals surface area (Å²) in [5, 5.41) is 0. The molecule has 126 valence electrons. The fraction of sp³-hybridized carbons (Fsp3) is 0.208. The number of aryl methyl sites for hydroxylation is 3. The first-order valence-corrected chi connectivity index (χ1v) is 8.69. The maximum Gasteiger partial charge on any atom is 0.150 e. The molecular weight excluding hydrogens is 304 g/mol. The number of aldehydes is 1. The zero-order chi connectivity index (χ0) is 18.0. The summed E-state index contributed by atoms with van der Waals surface area (Å²) in [7, 11) is 0. The van der Waals surface area contributed by atoms with Crippen LogP contribution in [0, 0.1) is 27.7 Å². The summed E-state index contributed by atoms with van der Waals surface area (Å²) < 4.78 is 0. The topological polar surface area (TPSA) is 17.1 Å². The fourth-order valence-electron chi connectivity index (χ4n) is 3.39. The van der Waals surface area contributed by atoms with Gasteiger partial charge in [-0.3, -0.25) is 4.79 Å². The fourth-order valence-corrected chi connectivity index (χ4v) is 3.39. The van der Waals surface area contributed by atoms with Crippen LogP contribution in [0.5, 0.6) is 0 Å². The Bertz CT molecular complexity index is 921. The van der Waals surface area contributed by atoms with Crippen molar-refractivity contribution < 1.29 is 4.79 Å². The van der Waals surface area contributed by atoms with Crippen molar-refractivity contribution in [3.8, 4) is 0 Å². The average molecular weight is 328 g/mol. The van der Waals surface area contributed by atoms with Crippen molar-refractivity contribution in [2.24, 2.45) is 0 Å². The van der Waals surface area contributed by atoms with Crippen LogP contribution in [0.25, 0.3) is 0 Å². The van der Waals surface area contributed by atoms with Gasteiger partial charge in [0.15, 0.2) is 0 Å². The van der Waals surface area contributed by atoms with Gasteiger partial charge in [0.2, 0.25) is 0 Å². The molecule has 0 amide bonds. The second-order valence-electron chi connectivity index (χ2n) is 6.85. The van der Waals surface area contributed by atoms with Crippen LogP contribution in [0.3, 0.4) is 0 Å². The molecule has 3 rings (SSSR count). The summed E-state index contributed by atoms with van der Waals surface area (Å²) >= 11 is 0. The molecule has 0 radical (unpaired) electrons. The molecule has 0 heterocycles. The predicted molar refractivity (Wildman–Crippen MR) is 105 cm³/mol. The molecule has 0 N–H and O–H groups in total. The smallest absolute Gasteiger partial charge is 0.150 e. The van der Waals surface area contributed by atoms with Crippen molar-refractivity contribution in [2.45, 2.75) is 33.6 Å². The molecule has 0 saturated carbocycles. The number of carbonyl (C=O) groups excluding carboxylic acids is 1. The van der Waals surface area contributed by atoms with Gasteiger partial charge in [-0.15, -0.1) is 0 Å². The molecule has 0 saturated heterocycles. The SMILES string of the molecule is Cc1ccc(C(c2cccc(C=O)c2)c2cccc(C)c2C)cc1C. The standard InChI is InChI=1S/C24H24O/c1-16-11-12-22(13-18(16)3)24(21-9-6-8-20(14-21)15-25)23-10-5-7-17(2)19(23)4/h5-15,24H,1-4H3. The minimum absolute atomic E-state index is 0.124. The molecule has 0 aliphatic heterocycles. The molecule has 3 aromatic rings. The van der Waals surface area contributed by atoms with Crippen molar-refractivity contribution >= 4 is 6.29 Å². The van der Waals surface area contributed by atoms with E-state index in [1.807, 2.05) is 18.2 Å². The van der Waals surface area contributed by atoms with Crippen molar-refractivity contribution in [3.05, 3.63) is 105 Å². The van der Waals surface area contributed by atoms with Crippen molar-refractivity contribution in [3.63, 3.8) is 0 Å². The van der Waals surface area contributed by atoms with Crippen LogP contribution < -0.4 is 0 Å². The van der Waals surface area contributed by atoms with Crippen LogP contribution in [-0.2, 0) is 0 Å². The summed E-state index contributed by atoms with van der Waals surface area (Å²) in [5.74, 6) is 0.124. The zero-order valence-corrected chi connectivity index (χ0v) is 15.3. The molecule has 3 aromatic carbocycles. The largest absolute Gasteiger partial charge is 0.298 e. The summed E-state index contributed by atoms with van der Waals surface area (Å²) in [4.78, 5) is 11.3. The lowest BCUT2D eigenvalue weighted by atomic mass is 9.81. The quantitative estimate of drug-likeness (QED) is 0.429. The van der Waals surface area contributed by atoms with Crippen LogP contribution in [0.15, 0.2) is 60.7 Å². The van der Waals surface area contributed by atoms with E-state index in [0.29, 0.717) is 0 Å². The molecule has 1 atom stereocenters. The van der Waals surface area contributed by atoms with Gasteiger partial charge in [-0.1, -0.05) is 54.6 Å². The normalized spacial score (nSPS) is 12.0. The Morgan fingerprint density at radius 1 is 0.720 bits per heavy atom. The molecule has 0 aliphatic carbocycles.